The van der Waals surface area contributed by atoms with Gasteiger partial charge >= 0.3 is 5.97 Å². The molecule has 0 saturated carbocycles. The number of ether oxygens (including phenoxy) is 1. The average molecular weight is 267 g/mol. The van der Waals surface area contributed by atoms with Gasteiger partial charge < -0.3 is 4.74 Å². The first kappa shape index (κ1) is 14.6. The smallest absolute Gasteiger partial charge is 0.337 e. The van der Waals surface area contributed by atoms with E-state index in [2.05, 4.69) is 9.13 Å². The predicted molar refractivity (Wildman–Crippen MR) is 73.3 cm³/mol. The largest absolute Gasteiger partial charge is 0.465 e. The standard InChI is InChI=1S/C13H17NO3S/c1-13(2,3)18(16)14-9-10-6-5-7-11(8-10)12(15)17-4/h5-9H,1-4H3/t18-/m1/s1. The van der Waals surface area contributed by atoms with Crippen LogP contribution in [0.4, 0.5) is 0 Å². The maximum absolute atomic E-state index is 11.7. The Morgan fingerprint density at radius 1 is 1.39 bits per heavy atom. The molecule has 0 aliphatic carbocycles. The molecular weight excluding hydrogens is 250 g/mol. The van der Waals surface area contributed by atoms with E-state index in [0.29, 0.717) is 5.56 Å². The minimum Gasteiger partial charge on any atom is -0.465 e. The van der Waals surface area contributed by atoms with Crippen LogP contribution in [0.1, 0.15) is 36.7 Å². The molecule has 18 heavy (non-hydrogen) atoms. The summed E-state index contributed by atoms with van der Waals surface area (Å²) in [5, 5.41) is 0. The number of hydrogen-bond donors (Lipinski definition) is 0. The molecule has 0 saturated heterocycles. The Kier molecular flexibility index (Phi) is 4.78. The molecule has 1 aromatic rings. The van der Waals surface area contributed by atoms with Crippen molar-refractivity contribution >= 4 is 23.2 Å². The third-order valence-electron chi connectivity index (χ3n) is 2.13. The summed E-state index contributed by atoms with van der Waals surface area (Å²) in [4.78, 5) is 11.3. The van der Waals surface area contributed by atoms with E-state index in [1.54, 1.807) is 24.3 Å². The van der Waals surface area contributed by atoms with Crippen molar-refractivity contribution in [3.63, 3.8) is 0 Å². The number of carbonyl (C=O) groups is 1. The van der Waals surface area contributed by atoms with E-state index >= 15 is 0 Å². The molecule has 0 bridgehead atoms. The van der Waals surface area contributed by atoms with E-state index in [1.165, 1.54) is 13.3 Å². The number of carbonyl (C=O) groups excluding carboxylic acids is 1. The molecule has 0 aromatic heterocycles. The molecule has 0 unspecified atom stereocenters. The number of nitrogens with zero attached hydrogens (tertiary/aromatic N) is 1. The lowest BCUT2D eigenvalue weighted by atomic mass is 10.1. The maximum Gasteiger partial charge on any atom is 0.337 e. The first-order valence-electron chi connectivity index (χ1n) is 5.49. The first-order valence-corrected chi connectivity index (χ1v) is 6.59. The normalized spacial score (nSPS) is 13.6. The molecule has 0 aliphatic heterocycles. The predicted octanol–water partition coefficient (Wildman–Crippen LogP) is 2.35. The van der Waals surface area contributed by atoms with Crippen LogP contribution in [0.25, 0.3) is 0 Å². The molecule has 1 rings (SSSR count). The zero-order valence-corrected chi connectivity index (χ0v) is 11.8. The highest BCUT2D eigenvalue weighted by molar-refractivity contribution is 7.85. The zero-order chi connectivity index (χ0) is 13.8. The van der Waals surface area contributed by atoms with Crippen LogP contribution < -0.4 is 0 Å². The van der Waals surface area contributed by atoms with Crippen molar-refractivity contribution in [2.24, 2.45) is 4.40 Å². The average Bonchev–Trinajstić information content (AvgIpc) is 2.34. The number of benzene rings is 1. The van der Waals surface area contributed by atoms with Crippen LogP contribution in [0.3, 0.4) is 0 Å². The Morgan fingerprint density at radius 3 is 2.61 bits per heavy atom. The zero-order valence-electron chi connectivity index (χ0n) is 11.0. The van der Waals surface area contributed by atoms with Crippen molar-refractivity contribution in [1.29, 1.82) is 0 Å². The molecule has 98 valence electrons. The molecule has 0 radical (unpaired) electrons. The van der Waals surface area contributed by atoms with E-state index in [4.69, 9.17) is 0 Å². The van der Waals surface area contributed by atoms with Gasteiger partial charge in [0.25, 0.3) is 0 Å². The summed E-state index contributed by atoms with van der Waals surface area (Å²) in [7, 11) is 0.0275. The van der Waals surface area contributed by atoms with Gasteiger partial charge in [0.15, 0.2) is 0 Å². The second kappa shape index (κ2) is 5.91. The van der Waals surface area contributed by atoms with Crippen molar-refractivity contribution < 1.29 is 13.7 Å². The van der Waals surface area contributed by atoms with Gasteiger partial charge in [-0.2, -0.15) is 4.40 Å². The molecule has 5 heteroatoms. The second-order valence-corrected chi connectivity index (χ2v) is 6.65. The molecule has 0 heterocycles. The summed E-state index contributed by atoms with van der Waals surface area (Å²) in [5.41, 5.74) is 1.17. The van der Waals surface area contributed by atoms with Gasteiger partial charge in [-0.05, 0) is 38.5 Å². The van der Waals surface area contributed by atoms with Gasteiger partial charge in [0.2, 0.25) is 0 Å². The number of esters is 1. The summed E-state index contributed by atoms with van der Waals surface area (Å²) in [6, 6.07) is 6.82. The van der Waals surface area contributed by atoms with Gasteiger partial charge in [-0.3, -0.25) is 0 Å². The van der Waals surface area contributed by atoms with E-state index < -0.39 is 21.7 Å². The Labute approximate surface area is 110 Å². The fraction of sp³-hybridized carbons (Fsp3) is 0.385. The SMILES string of the molecule is COC(=O)c1cccc(C=N[S@](=O)C(C)(C)C)c1. The maximum atomic E-state index is 11.7. The summed E-state index contributed by atoms with van der Waals surface area (Å²) in [5.74, 6) is -0.401. The van der Waals surface area contributed by atoms with Gasteiger partial charge in [0, 0.05) is 6.21 Å². The van der Waals surface area contributed by atoms with E-state index in [0.717, 1.165) is 5.56 Å². The molecule has 0 N–H and O–H groups in total. The Bertz CT molecular complexity index is 489. The van der Waals surface area contributed by atoms with Crippen LogP contribution in [0.5, 0.6) is 0 Å². The minimum absolute atomic E-state index is 0.392. The van der Waals surface area contributed by atoms with Crippen LogP contribution in [0.2, 0.25) is 0 Å². The third kappa shape index (κ3) is 4.07. The van der Waals surface area contributed by atoms with Crippen molar-refractivity contribution in [1.82, 2.24) is 0 Å². The molecule has 0 aliphatic rings. The number of methoxy groups -OCH3 is 1. The molecule has 0 spiro atoms. The highest BCUT2D eigenvalue weighted by Crippen LogP contribution is 2.12. The van der Waals surface area contributed by atoms with Crippen LogP contribution in [0.15, 0.2) is 28.7 Å². The highest BCUT2D eigenvalue weighted by Gasteiger charge is 2.18. The van der Waals surface area contributed by atoms with Crippen molar-refractivity contribution in [3.05, 3.63) is 35.4 Å². The van der Waals surface area contributed by atoms with Crippen molar-refractivity contribution in [2.75, 3.05) is 7.11 Å². The van der Waals surface area contributed by atoms with Crippen molar-refractivity contribution in [2.45, 2.75) is 25.5 Å². The lowest BCUT2D eigenvalue weighted by molar-refractivity contribution is 0.0600. The Morgan fingerprint density at radius 2 is 2.06 bits per heavy atom. The summed E-state index contributed by atoms with van der Waals surface area (Å²) in [6.07, 6.45) is 1.51. The van der Waals surface area contributed by atoms with Gasteiger partial charge in [0.1, 0.15) is 11.0 Å². The van der Waals surface area contributed by atoms with Gasteiger partial charge in [-0.15, -0.1) is 0 Å². The highest BCUT2D eigenvalue weighted by atomic mass is 32.2. The fourth-order valence-electron chi connectivity index (χ4n) is 1.13. The van der Waals surface area contributed by atoms with E-state index in [-0.39, 0.29) is 0 Å². The topological polar surface area (TPSA) is 55.7 Å². The molecular formula is C13H17NO3S. The number of hydrogen-bond acceptors (Lipinski definition) is 3. The van der Waals surface area contributed by atoms with Crippen LogP contribution in [-0.2, 0) is 15.7 Å². The molecule has 0 amide bonds. The molecule has 1 atom stereocenters. The van der Waals surface area contributed by atoms with E-state index in [1.807, 2.05) is 20.8 Å². The Hall–Kier alpha value is -1.49. The van der Waals surface area contributed by atoms with Gasteiger partial charge in [-0.25, -0.2) is 9.00 Å². The monoisotopic (exact) mass is 267 g/mol. The fourth-order valence-corrected chi connectivity index (χ4v) is 1.66. The summed E-state index contributed by atoms with van der Waals surface area (Å²) >= 11 is 0. The minimum atomic E-state index is -1.30. The van der Waals surface area contributed by atoms with Crippen LogP contribution in [-0.4, -0.2) is 28.2 Å². The summed E-state index contributed by atoms with van der Waals surface area (Å²) in [6.45, 7) is 5.56. The second-order valence-electron chi connectivity index (χ2n) is 4.71. The van der Waals surface area contributed by atoms with Crippen LogP contribution >= 0.6 is 0 Å². The third-order valence-corrected chi connectivity index (χ3v) is 3.47. The van der Waals surface area contributed by atoms with Crippen LogP contribution in [0, 0.1) is 0 Å². The quantitative estimate of drug-likeness (QED) is 0.624. The van der Waals surface area contributed by atoms with Gasteiger partial charge in [0.05, 0.1) is 17.4 Å². The lowest BCUT2D eigenvalue weighted by Gasteiger charge is -2.12. The first-order chi connectivity index (χ1) is 8.34. The van der Waals surface area contributed by atoms with Crippen molar-refractivity contribution in [3.8, 4) is 0 Å². The van der Waals surface area contributed by atoms with Gasteiger partial charge in [-0.1, -0.05) is 12.1 Å². The molecule has 1 aromatic carbocycles. The lowest BCUT2D eigenvalue weighted by Crippen LogP contribution is -2.19. The molecule has 4 nitrogen and oxygen atoms in total. The summed E-state index contributed by atoms with van der Waals surface area (Å²) < 4.78 is 20.0. The molecule has 0 fully saturated rings. The Balaban J connectivity index is 2.89. The van der Waals surface area contributed by atoms with E-state index in [9.17, 15) is 9.00 Å². The number of rotatable bonds is 3.